The Balaban J connectivity index is 2.41. The zero-order chi connectivity index (χ0) is 15.8. The van der Waals surface area contributed by atoms with Gasteiger partial charge in [0.25, 0.3) is 0 Å². The molecule has 0 saturated carbocycles. The summed E-state index contributed by atoms with van der Waals surface area (Å²) in [4.78, 5) is -0.409. The van der Waals surface area contributed by atoms with Gasteiger partial charge >= 0.3 is 6.18 Å². The van der Waals surface area contributed by atoms with Crippen LogP contribution >= 0.6 is 11.6 Å². The molecule has 1 N–H and O–H groups in total. The minimum Gasteiger partial charge on any atom is -0.315 e. The minimum atomic E-state index is -4.70. The lowest BCUT2D eigenvalue weighted by molar-refractivity contribution is -0.137. The van der Waals surface area contributed by atoms with Gasteiger partial charge in [0.05, 0.1) is 15.5 Å². The van der Waals surface area contributed by atoms with Crippen molar-refractivity contribution in [2.75, 3.05) is 20.1 Å². The highest BCUT2D eigenvalue weighted by atomic mass is 35.5. The summed E-state index contributed by atoms with van der Waals surface area (Å²) in [5.41, 5.74) is -1.15. The highest BCUT2D eigenvalue weighted by Crippen LogP contribution is 2.36. The fourth-order valence-corrected chi connectivity index (χ4v) is 3.83. The maximum absolute atomic E-state index is 12.8. The molecule has 1 saturated heterocycles. The van der Waals surface area contributed by atoms with Gasteiger partial charge in [0.2, 0.25) is 10.0 Å². The van der Waals surface area contributed by atoms with Crippen molar-refractivity contribution in [1.29, 1.82) is 0 Å². The first-order valence-electron chi connectivity index (χ1n) is 6.19. The van der Waals surface area contributed by atoms with Crippen molar-refractivity contribution >= 4 is 21.6 Å². The number of rotatable bonds is 3. The summed E-state index contributed by atoms with van der Waals surface area (Å²) < 4.78 is 64.4. The third-order valence-corrected chi connectivity index (χ3v) is 5.70. The predicted molar refractivity (Wildman–Crippen MR) is 72.7 cm³/mol. The Hall–Kier alpha value is -0.830. The van der Waals surface area contributed by atoms with Crippen LogP contribution in [0.4, 0.5) is 13.2 Å². The van der Waals surface area contributed by atoms with Crippen molar-refractivity contribution in [3.8, 4) is 0 Å². The zero-order valence-corrected chi connectivity index (χ0v) is 12.7. The van der Waals surface area contributed by atoms with E-state index in [0.717, 1.165) is 16.4 Å². The molecule has 0 aromatic heterocycles. The molecule has 1 aromatic rings. The summed E-state index contributed by atoms with van der Waals surface area (Å²) in [5, 5.41) is 2.49. The van der Waals surface area contributed by atoms with Crippen LogP contribution in [-0.4, -0.2) is 38.9 Å². The van der Waals surface area contributed by atoms with Crippen LogP contribution in [0.2, 0.25) is 5.02 Å². The lowest BCUT2D eigenvalue weighted by Gasteiger charge is -2.23. The Morgan fingerprint density at radius 2 is 2.05 bits per heavy atom. The zero-order valence-electron chi connectivity index (χ0n) is 11.1. The minimum absolute atomic E-state index is 0.264. The molecular formula is C12H14ClF3N2O2S. The first kappa shape index (κ1) is 16.5. The normalized spacial score (nSPS) is 20.2. The van der Waals surface area contributed by atoms with E-state index in [9.17, 15) is 21.6 Å². The third kappa shape index (κ3) is 3.33. The number of nitrogens with one attached hydrogen (secondary N) is 1. The second kappa shape index (κ2) is 5.75. The Morgan fingerprint density at radius 1 is 1.38 bits per heavy atom. The standard InChI is InChI=1S/C12H14ClF3N2O2S/c1-18(8-4-5-17-7-8)21(19,20)9-2-3-11(13)10(6-9)12(14,15)16/h2-3,6,8,17H,4-5,7H2,1H3. The molecule has 1 unspecified atom stereocenters. The molecule has 4 nitrogen and oxygen atoms in total. The van der Waals surface area contributed by atoms with E-state index in [1.807, 2.05) is 0 Å². The maximum Gasteiger partial charge on any atom is 0.417 e. The van der Waals surface area contributed by atoms with Crippen molar-refractivity contribution in [3.05, 3.63) is 28.8 Å². The maximum atomic E-state index is 12.8. The summed E-state index contributed by atoms with van der Waals surface area (Å²) in [6.07, 6.45) is -4.08. The van der Waals surface area contributed by atoms with Gasteiger partial charge < -0.3 is 5.32 Å². The van der Waals surface area contributed by atoms with E-state index < -0.39 is 31.7 Å². The van der Waals surface area contributed by atoms with E-state index in [1.54, 1.807) is 0 Å². The molecule has 1 fully saturated rings. The Kier molecular flexibility index (Phi) is 4.53. The molecule has 0 radical (unpaired) electrons. The molecule has 1 aliphatic rings. The SMILES string of the molecule is CN(C1CCNC1)S(=O)(=O)c1ccc(Cl)c(C(F)(F)F)c1. The van der Waals surface area contributed by atoms with Gasteiger partial charge in [-0.1, -0.05) is 11.6 Å². The molecule has 1 aromatic carbocycles. The van der Waals surface area contributed by atoms with Gasteiger partial charge in [-0.3, -0.25) is 0 Å². The van der Waals surface area contributed by atoms with Crippen LogP contribution in [0, 0.1) is 0 Å². The summed E-state index contributed by atoms with van der Waals surface area (Å²) in [6, 6.07) is 2.36. The van der Waals surface area contributed by atoms with Crippen molar-refractivity contribution < 1.29 is 21.6 Å². The average Bonchev–Trinajstić information content (AvgIpc) is 2.90. The highest BCUT2D eigenvalue weighted by molar-refractivity contribution is 7.89. The molecule has 1 atom stereocenters. The summed E-state index contributed by atoms with van der Waals surface area (Å²) in [7, 11) is -2.62. The van der Waals surface area contributed by atoms with Crippen molar-refractivity contribution in [3.63, 3.8) is 0 Å². The summed E-state index contributed by atoms with van der Waals surface area (Å²) >= 11 is 5.50. The van der Waals surface area contributed by atoms with E-state index in [4.69, 9.17) is 11.6 Å². The molecule has 2 rings (SSSR count). The first-order valence-corrected chi connectivity index (χ1v) is 8.01. The monoisotopic (exact) mass is 342 g/mol. The fourth-order valence-electron chi connectivity index (χ4n) is 2.19. The van der Waals surface area contributed by atoms with Gasteiger partial charge in [0.15, 0.2) is 0 Å². The predicted octanol–water partition coefficient (Wildman–Crippen LogP) is 2.34. The highest BCUT2D eigenvalue weighted by Gasteiger charge is 2.36. The second-order valence-corrected chi connectivity index (χ2v) is 7.21. The van der Waals surface area contributed by atoms with E-state index >= 15 is 0 Å². The van der Waals surface area contributed by atoms with Gasteiger partial charge in [-0.15, -0.1) is 0 Å². The molecule has 0 amide bonds. The smallest absolute Gasteiger partial charge is 0.315 e. The molecular weight excluding hydrogens is 329 g/mol. The van der Waals surface area contributed by atoms with Gasteiger partial charge in [0.1, 0.15) is 0 Å². The van der Waals surface area contributed by atoms with Crippen LogP contribution in [0.1, 0.15) is 12.0 Å². The molecule has 118 valence electrons. The molecule has 21 heavy (non-hydrogen) atoms. The van der Waals surface area contributed by atoms with Crippen LogP contribution < -0.4 is 5.32 Å². The van der Waals surface area contributed by atoms with Crippen LogP contribution in [-0.2, 0) is 16.2 Å². The van der Waals surface area contributed by atoms with Crippen LogP contribution in [0.15, 0.2) is 23.1 Å². The third-order valence-electron chi connectivity index (χ3n) is 3.47. The lowest BCUT2D eigenvalue weighted by atomic mass is 10.2. The van der Waals surface area contributed by atoms with E-state index in [2.05, 4.69) is 5.32 Å². The van der Waals surface area contributed by atoms with E-state index in [1.165, 1.54) is 7.05 Å². The Morgan fingerprint density at radius 3 is 2.57 bits per heavy atom. The molecule has 1 heterocycles. The second-order valence-electron chi connectivity index (χ2n) is 4.81. The topological polar surface area (TPSA) is 49.4 Å². The molecule has 9 heteroatoms. The first-order chi connectivity index (χ1) is 9.64. The lowest BCUT2D eigenvalue weighted by Crippen LogP contribution is -2.38. The summed E-state index contributed by atoms with van der Waals surface area (Å²) in [6.45, 7) is 1.16. The number of benzene rings is 1. The number of hydrogen-bond donors (Lipinski definition) is 1. The number of likely N-dealkylation sites (N-methyl/N-ethyl adjacent to an activating group) is 1. The Labute approximate surface area is 125 Å². The largest absolute Gasteiger partial charge is 0.417 e. The van der Waals surface area contributed by atoms with Gasteiger partial charge in [-0.2, -0.15) is 17.5 Å². The van der Waals surface area contributed by atoms with Crippen LogP contribution in [0.25, 0.3) is 0 Å². The van der Waals surface area contributed by atoms with E-state index in [0.29, 0.717) is 25.6 Å². The van der Waals surface area contributed by atoms with Gasteiger partial charge in [0, 0.05) is 19.6 Å². The van der Waals surface area contributed by atoms with Crippen LogP contribution in [0.3, 0.4) is 0 Å². The molecule has 0 bridgehead atoms. The fraction of sp³-hybridized carbons (Fsp3) is 0.500. The number of nitrogens with zero attached hydrogens (tertiary/aromatic N) is 1. The average molecular weight is 343 g/mol. The van der Waals surface area contributed by atoms with Crippen molar-refractivity contribution in [2.24, 2.45) is 0 Å². The van der Waals surface area contributed by atoms with Crippen molar-refractivity contribution in [2.45, 2.75) is 23.5 Å². The number of sulfonamides is 1. The molecule has 1 aliphatic heterocycles. The number of hydrogen-bond acceptors (Lipinski definition) is 3. The van der Waals surface area contributed by atoms with Crippen molar-refractivity contribution in [1.82, 2.24) is 9.62 Å². The number of halogens is 4. The van der Waals surface area contributed by atoms with E-state index in [-0.39, 0.29) is 6.04 Å². The van der Waals surface area contributed by atoms with Gasteiger partial charge in [-0.25, -0.2) is 8.42 Å². The molecule has 0 aliphatic carbocycles. The van der Waals surface area contributed by atoms with Crippen LogP contribution in [0.5, 0.6) is 0 Å². The molecule has 0 spiro atoms. The number of alkyl halides is 3. The quantitative estimate of drug-likeness (QED) is 0.917. The summed E-state index contributed by atoms with van der Waals surface area (Å²) in [5.74, 6) is 0. The Bertz CT molecular complexity index is 628. The van der Waals surface area contributed by atoms with Gasteiger partial charge in [-0.05, 0) is 31.2 Å².